The van der Waals surface area contributed by atoms with Gasteiger partial charge in [0.15, 0.2) is 0 Å². The van der Waals surface area contributed by atoms with Gasteiger partial charge in [0, 0.05) is 18.1 Å². The molecule has 0 radical (unpaired) electrons. The SMILES string of the molecule is CC(NC(=O)C1CC1)c1nc2ccc([N+](=O)[O-])cc2[nH]1. The third kappa shape index (κ3) is 2.34. The lowest BCUT2D eigenvalue weighted by atomic mass is 10.3. The predicted molar refractivity (Wildman–Crippen MR) is 72.0 cm³/mol. The van der Waals surface area contributed by atoms with Crippen molar-refractivity contribution in [2.75, 3.05) is 0 Å². The Labute approximate surface area is 114 Å². The van der Waals surface area contributed by atoms with Gasteiger partial charge in [0.1, 0.15) is 5.82 Å². The minimum atomic E-state index is -0.446. The van der Waals surface area contributed by atoms with E-state index in [4.69, 9.17) is 0 Å². The average molecular weight is 274 g/mol. The van der Waals surface area contributed by atoms with Crippen LogP contribution in [0.2, 0.25) is 0 Å². The fourth-order valence-electron chi connectivity index (χ4n) is 2.08. The highest BCUT2D eigenvalue weighted by Crippen LogP contribution is 2.29. The molecule has 0 saturated heterocycles. The van der Waals surface area contributed by atoms with Crippen LogP contribution in [0.3, 0.4) is 0 Å². The second-order valence-corrected chi connectivity index (χ2v) is 5.09. The number of nitro groups is 1. The highest BCUT2D eigenvalue weighted by molar-refractivity contribution is 5.81. The molecule has 1 aromatic heterocycles. The van der Waals surface area contributed by atoms with E-state index in [2.05, 4.69) is 15.3 Å². The Balaban J connectivity index is 1.84. The molecule has 1 aromatic carbocycles. The second kappa shape index (κ2) is 4.59. The van der Waals surface area contributed by atoms with Gasteiger partial charge in [-0.2, -0.15) is 0 Å². The van der Waals surface area contributed by atoms with Crippen molar-refractivity contribution >= 4 is 22.6 Å². The van der Waals surface area contributed by atoms with Gasteiger partial charge < -0.3 is 10.3 Å². The highest BCUT2D eigenvalue weighted by atomic mass is 16.6. The Morgan fingerprint density at radius 1 is 1.55 bits per heavy atom. The van der Waals surface area contributed by atoms with Crippen molar-refractivity contribution in [2.24, 2.45) is 5.92 Å². The number of rotatable bonds is 4. The number of aromatic amines is 1. The van der Waals surface area contributed by atoms with E-state index in [0.29, 0.717) is 16.9 Å². The van der Waals surface area contributed by atoms with Gasteiger partial charge in [-0.3, -0.25) is 14.9 Å². The van der Waals surface area contributed by atoms with E-state index >= 15 is 0 Å². The molecule has 20 heavy (non-hydrogen) atoms. The van der Waals surface area contributed by atoms with E-state index in [0.717, 1.165) is 12.8 Å². The zero-order valence-corrected chi connectivity index (χ0v) is 10.9. The lowest BCUT2D eigenvalue weighted by Crippen LogP contribution is -2.28. The summed E-state index contributed by atoms with van der Waals surface area (Å²) in [6, 6.07) is 4.22. The van der Waals surface area contributed by atoms with E-state index in [1.54, 1.807) is 6.07 Å². The molecule has 1 heterocycles. The van der Waals surface area contributed by atoms with E-state index in [1.807, 2.05) is 6.92 Å². The Kier molecular flexibility index (Phi) is 2.89. The fraction of sp³-hybridized carbons (Fsp3) is 0.385. The highest BCUT2D eigenvalue weighted by Gasteiger charge is 2.30. The summed E-state index contributed by atoms with van der Waals surface area (Å²) >= 11 is 0. The summed E-state index contributed by atoms with van der Waals surface area (Å²) in [7, 11) is 0. The van der Waals surface area contributed by atoms with E-state index in [-0.39, 0.29) is 23.6 Å². The number of hydrogen-bond acceptors (Lipinski definition) is 4. The third-order valence-corrected chi connectivity index (χ3v) is 3.41. The minimum Gasteiger partial charge on any atom is -0.346 e. The van der Waals surface area contributed by atoms with Crippen molar-refractivity contribution in [2.45, 2.75) is 25.8 Å². The summed E-state index contributed by atoms with van der Waals surface area (Å²) in [6.45, 7) is 1.84. The van der Waals surface area contributed by atoms with Gasteiger partial charge in [0.2, 0.25) is 5.91 Å². The van der Waals surface area contributed by atoms with Crippen molar-refractivity contribution in [3.63, 3.8) is 0 Å². The molecule has 104 valence electrons. The molecule has 1 aliphatic carbocycles. The molecule has 2 N–H and O–H groups in total. The fourth-order valence-corrected chi connectivity index (χ4v) is 2.08. The maximum atomic E-state index is 11.7. The first kappa shape index (κ1) is 12.6. The number of H-pyrrole nitrogens is 1. The first-order valence-corrected chi connectivity index (χ1v) is 6.49. The number of aromatic nitrogens is 2. The summed E-state index contributed by atoms with van der Waals surface area (Å²) in [4.78, 5) is 29.4. The number of nitrogens with zero attached hydrogens (tertiary/aromatic N) is 2. The monoisotopic (exact) mass is 274 g/mol. The Hall–Kier alpha value is -2.44. The van der Waals surface area contributed by atoms with Gasteiger partial charge in [0.25, 0.3) is 5.69 Å². The zero-order chi connectivity index (χ0) is 14.3. The van der Waals surface area contributed by atoms with Crippen LogP contribution in [0.1, 0.15) is 31.6 Å². The van der Waals surface area contributed by atoms with Crippen molar-refractivity contribution in [3.05, 3.63) is 34.1 Å². The topological polar surface area (TPSA) is 101 Å². The minimum absolute atomic E-state index is 0.0161. The van der Waals surface area contributed by atoms with Crippen LogP contribution in [0.4, 0.5) is 5.69 Å². The summed E-state index contributed by atoms with van der Waals surface area (Å²) in [5, 5.41) is 13.6. The molecule has 1 aliphatic rings. The lowest BCUT2D eigenvalue weighted by Gasteiger charge is -2.10. The van der Waals surface area contributed by atoms with E-state index < -0.39 is 4.92 Å². The maximum Gasteiger partial charge on any atom is 0.271 e. The number of nitrogens with one attached hydrogen (secondary N) is 2. The molecule has 1 unspecified atom stereocenters. The summed E-state index contributed by atoms with van der Waals surface area (Å²) < 4.78 is 0. The van der Waals surface area contributed by atoms with Crippen LogP contribution >= 0.6 is 0 Å². The summed E-state index contributed by atoms with van der Waals surface area (Å²) in [6.07, 6.45) is 1.90. The number of nitro benzene ring substituents is 1. The van der Waals surface area contributed by atoms with Crippen LogP contribution in [0.25, 0.3) is 11.0 Å². The number of non-ortho nitro benzene ring substituents is 1. The smallest absolute Gasteiger partial charge is 0.271 e. The number of fused-ring (bicyclic) bond motifs is 1. The van der Waals surface area contributed by atoms with Gasteiger partial charge in [-0.05, 0) is 25.8 Å². The molecule has 0 aliphatic heterocycles. The number of carbonyl (C=O) groups excluding carboxylic acids is 1. The van der Waals surface area contributed by atoms with Crippen LogP contribution in [0, 0.1) is 16.0 Å². The Morgan fingerprint density at radius 3 is 2.95 bits per heavy atom. The lowest BCUT2D eigenvalue weighted by molar-refractivity contribution is -0.384. The number of amides is 1. The summed E-state index contributed by atoms with van der Waals surface area (Å²) in [5.41, 5.74) is 1.27. The normalized spacial score (nSPS) is 16.1. The molecular formula is C13H14N4O3. The van der Waals surface area contributed by atoms with Gasteiger partial charge in [0.05, 0.1) is 22.0 Å². The second-order valence-electron chi connectivity index (χ2n) is 5.09. The van der Waals surface area contributed by atoms with Crippen molar-refractivity contribution in [1.29, 1.82) is 0 Å². The number of hydrogen-bond donors (Lipinski definition) is 2. The summed E-state index contributed by atoms with van der Waals surface area (Å²) in [5.74, 6) is 0.793. The van der Waals surface area contributed by atoms with Crippen LogP contribution in [-0.4, -0.2) is 20.8 Å². The largest absolute Gasteiger partial charge is 0.346 e. The van der Waals surface area contributed by atoms with Gasteiger partial charge in [-0.15, -0.1) is 0 Å². The quantitative estimate of drug-likeness (QED) is 0.658. The molecule has 0 bridgehead atoms. The number of benzene rings is 1. The Morgan fingerprint density at radius 2 is 2.30 bits per heavy atom. The maximum absolute atomic E-state index is 11.7. The molecule has 2 aromatic rings. The van der Waals surface area contributed by atoms with Crippen LogP contribution < -0.4 is 5.32 Å². The predicted octanol–water partition coefficient (Wildman–Crippen LogP) is 2.06. The average Bonchev–Trinajstić information content (AvgIpc) is 3.17. The molecular weight excluding hydrogens is 260 g/mol. The van der Waals surface area contributed by atoms with Crippen molar-refractivity contribution in [3.8, 4) is 0 Å². The molecule has 7 nitrogen and oxygen atoms in total. The van der Waals surface area contributed by atoms with E-state index in [1.165, 1.54) is 12.1 Å². The zero-order valence-electron chi connectivity index (χ0n) is 10.9. The van der Waals surface area contributed by atoms with Crippen LogP contribution in [0.5, 0.6) is 0 Å². The van der Waals surface area contributed by atoms with Crippen LogP contribution in [0.15, 0.2) is 18.2 Å². The van der Waals surface area contributed by atoms with E-state index in [9.17, 15) is 14.9 Å². The Bertz CT molecular complexity index is 690. The van der Waals surface area contributed by atoms with Crippen molar-refractivity contribution in [1.82, 2.24) is 15.3 Å². The van der Waals surface area contributed by atoms with Gasteiger partial charge in [-0.1, -0.05) is 0 Å². The molecule has 0 spiro atoms. The third-order valence-electron chi connectivity index (χ3n) is 3.41. The number of imidazole rings is 1. The van der Waals surface area contributed by atoms with Gasteiger partial charge in [-0.25, -0.2) is 4.98 Å². The number of carbonyl (C=O) groups is 1. The van der Waals surface area contributed by atoms with Crippen molar-refractivity contribution < 1.29 is 9.72 Å². The first-order chi connectivity index (χ1) is 9.54. The molecule has 7 heteroatoms. The molecule has 1 saturated carbocycles. The molecule has 1 atom stereocenters. The standard InChI is InChI=1S/C13H14N4O3/c1-7(14-13(18)8-2-3-8)12-15-10-5-4-9(17(19)20)6-11(10)16-12/h4-8H,2-3H2,1H3,(H,14,18)(H,15,16). The molecule has 3 rings (SSSR count). The van der Waals surface area contributed by atoms with Gasteiger partial charge >= 0.3 is 0 Å². The molecule has 1 fully saturated rings. The van der Waals surface area contributed by atoms with Crippen LogP contribution in [-0.2, 0) is 4.79 Å². The first-order valence-electron chi connectivity index (χ1n) is 6.49. The molecule has 1 amide bonds.